The van der Waals surface area contributed by atoms with E-state index in [9.17, 15) is 13.6 Å². The number of carbonyl (C=O) groups excluding carboxylic acids is 1. The van der Waals surface area contributed by atoms with Crippen LogP contribution in [0.15, 0.2) is 48.5 Å². The Labute approximate surface area is 272 Å². The number of alkyl halides is 2. The zero-order valence-corrected chi connectivity index (χ0v) is 26.3. The van der Waals surface area contributed by atoms with Gasteiger partial charge >= 0.3 is 6.03 Å². The molecular formula is C33H39F2N9O3. The number of hydrogen-bond donors (Lipinski definition) is 2. The van der Waals surface area contributed by atoms with Crippen LogP contribution in [0.1, 0.15) is 12.8 Å². The number of amides is 2. The average molecular weight is 648 g/mol. The molecule has 6 heterocycles. The number of hydrogen-bond acceptors (Lipinski definition) is 10. The monoisotopic (exact) mass is 647 g/mol. The topological polar surface area (TPSA) is 111 Å². The maximum atomic E-state index is 15.0. The Morgan fingerprint density at radius 1 is 0.723 bits per heavy atom. The van der Waals surface area contributed by atoms with Crippen molar-refractivity contribution in [3.05, 3.63) is 48.5 Å². The first-order chi connectivity index (χ1) is 22.9. The number of carbonyl (C=O) groups is 1. The standard InChI is InChI=1S/C33H39F2N9O3/c1-41-10-12-42(13-11-41)23-8-6-22(7-9-23)37-33(45)36-21-4-2-20(3-5-21)30-38-31(43-24-14-26(34)28(43)18-46-16-24)40-32(39-30)44-25-15-27(35)29(44)19-47-17-25/h2-9,24-29H,10-19H2,1H3,(H2,36,37,45). The molecule has 5 aliphatic rings. The Morgan fingerprint density at radius 3 is 1.74 bits per heavy atom. The van der Waals surface area contributed by atoms with Crippen molar-refractivity contribution in [2.45, 2.75) is 49.4 Å². The van der Waals surface area contributed by atoms with Crippen molar-refractivity contribution in [1.82, 2.24) is 19.9 Å². The summed E-state index contributed by atoms with van der Waals surface area (Å²) in [5.74, 6) is 1.12. The van der Waals surface area contributed by atoms with Crippen molar-refractivity contribution < 1.29 is 23.0 Å². The molecule has 5 saturated heterocycles. The van der Waals surface area contributed by atoms with Gasteiger partial charge in [-0.3, -0.25) is 0 Å². The maximum Gasteiger partial charge on any atom is 0.323 e. The lowest BCUT2D eigenvalue weighted by molar-refractivity contribution is 0.0810. The lowest BCUT2D eigenvalue weighted by Crippen LogP contribution is -2.50. The lowest BCUT2D eigenvalue weighted by atomic mass is 10.2. The number of rotatable bonds is 6. The van der Waals surface area contributed by atoms with Gasteiger partial charge in [0.05, 0.1) is 50.6 Å². The minimum Gasteiger partial charge on any atom is -0.377 e. The van der Waals surface area contributed by atoms with E-state index in [0.717, 1.165) is 31.9 Å². The molecular weight excluding hydrogens is 608 g/mol. The molecule has 5 fully saturated rings. The number of fused-ring (bicyclic) bond motifs is 4. The molecule has 2 aromatic carbocycles. The molecule has 47 heavy (non-hydrogen) atoms. The van der Waals surface area contributed by atoms with Gasteiger partial charge in [0.1, 0.15) is 12.3 Å². The van der Waals surface area contributed by atoms with Crippen molar-refractivity contribution in [3.8, 4) is 11.4 Å². The Bertz CT molecular complexity index is 1540. The zero-order chi connectivity index (χ0) is 32.1. The van der Waals surface area contributed by atoms with Crippen LogP contribution in [-0.2, 0) is 9.47 Å². The van der Waals surface area contributed by atoms with Crippen LogP contribution >= 0.6 is 0 Å². The van der Waals surface area contributed by atoms with E-state index in [-0.39, 0.29) is 31.3 Å². The largest absolute Gasteiger partial charge is 0.377 e. The number of nitrogens with zero attached hydrogens (tertiary/aromatic N) is 7. The summed E-state index contributed by atoms with van der Waals surface area (Å²) in [6.45, 7) is 5.31. The molecule has 2 amide bonds. The number of benzene rings is 2. The first-order valence-electron chi connectivity index (χ1n) is 16.4. The van der Waals surface area contributed by atoms with Crippen LogP contribution in [0.3, 0.4) is 0 Å². The first-order valence-corrected chi connectivity index (χ1v) is 16.4. The molecule has 4 bridgehead atoms. The van der Waals surface area contributed by atoms with Crippen molar-refractivity contribution in [2.75, 3.05) is 85.0 Å². The molecule has 1 aromatic heterocycles. The van der Waals surface area contributed by atoms with Gasteiger partial charge in [0.15, 0.2) is 5.82 Å². The Morgan fingerprint density at radius 2 is 1.23 bits per heavy atom. The number of nitrogens with one attached hydrogen (secondary N) is 2. The van der Waals surface area contributed by atoms with Crippen LogP contribution < -0.4 is 25.3 Å². The van der Waals surface area contributed by atoms with Gasteiger partial charge in [-0.2, -0.15) is 15.0 Å². The lowest BCUT2D eigenvalue weighted by Gasteiger charge is -2.37. The number of urea groups is 1. The van der Waals surface area contributed by atoms with E-state index in [0.29, 0.717) is 60.7 Å². The molecule has 248 valence electrons. The van der Waals surface area contributed by atoms with Crippen LogP contribution in [0.4, 0.5) is 42.5 Å². The first kappa shape index (κ1) is 30.2. The molecule has 0 aliphatic carbocycles. The third kappa shape index (κ3) is 5.93. The third-order valence-corrected chi connectivity index (χ3v) is 10.00. The zero-order valence-electron chi connectivity index (χ0n) is 26.3. The smallest absolute Gasteiger partial charge is 0.323 e. The van der Waals surface area contributed by atoms with Crippen LogP contribution in [0.2, 0.25) is 0 Å². The maximum absolute atomic E-state index is 15.0. The average Bonchev–Trinajstić information content (AvgIpc) is 3.39. The van der Waals surface area contributed by atoms with Gasteiger partial charge in [-0.1, -0.05) is 0 Å². The molecule has 2 N–H and O–H groups in total. The van der Waals surface area contributed by atoms with Crippen LogP contribution in [0, 0.1) is 0 Å². The summed E-state index contributed by atoms with van der Waals surface area (Å²) in [5, 5.41) is 5.78. The van der Waals surface area contributed by atoms with Crippen LogP contribution in [0.5, 0.6) is 0 Å². The predicted octanol–water partition coefficient (Wildman–Crippen LogP) is 3.57. The molecule has 5 aliphatic heterocycles. The molecule has 0 saturated carbocycles. The predicted molar refractivity (Wildman–Crippen MR) is 175 cm³/mol. The van der Waals surface area contributed by atoms with E-state index < -0.39 is 24.4 Å². The fraction of sp³-hybridized carbons (Fsp3) is 0.515. The Balaban J connectivity index is 0.999. The highest BCUT2D eigenvalue weighted by Gasteiger charge is 2.49. The summed E-state index contributed by atoms with van der Waals surface area (Å²) in [4.78, 5) is 35.7. The van der Waals surface area contributed by atoms with Gasteiger partial charge in [-0.05, 0) is 55.6 Å². The summed E-state index contributed by atoms with van der Waals surface area (Å²) < 4.78 is 41.2. The van der Waals surface area contributed by atoms with Crippen molar-refractivity contribution in [2.24, 2.45) is 0 Å². The van der Waals surface area contributed by atoms with E-state index in [1.165, 1.54) is 0 Å². The molecule has 3 aromatic rings. The molecule has 6 unspecified atom stereocenters. The van der Waals surface area contributed by atoms with E-state index in [4.69, 9.17) is 24.4 Å². The van der Waals surface area contributed by atoms with E-state index in [1.54, 1.807) is 12.1 Å². The van der Waals surface area contributed by atoms with Gasteiger partial charge in [0, 0.05) is 61.6 Å². The highest BCUT2D eigenvalue weighted by atomic mass is 19.1. The van der Waals surface area contributed by atoms with Crippen molar-refractivity contribution in [1.29, 1.82) is 0 Å². The summed E-state index contributed by atoms with van der Waals surface area (Å²) >= 11 is 0. The molecule has 6 atom stereocenters. The molecule has 0 spiro atoms. The second-order valence-corrected chi connectivity index (χ2v) is 13.1. The fourth-order valence-electron chi connectivity index (χ4n) is 7.42. The Hall–Kier alpha value is -4.14. The van der Waals surface area contributed by atoms with Gasteiger partial charge in [-0.15, -0.1) is 0 Å². The van der Waals surface area contributed by atoms with Crippen LogP contribution in [0.25, 0.3) is 11.4 Å². The van der Waals surface area contributed by atoms with Gasteiger partial charge in [0.2, 0.25) is 11.9 Å². The molecule has 0 radical (unpaired) electrons. The highest BCUT2D eigenvalue weighted by Crippen LogP contribution is 2.38. The van der Waals surface area contributed by atoms with E-state index >= 15 is 0 Å². The van der Waals surface area contributed by atoms with Gasteiger partial charge < -0.3 is 39.7 Å². The number of likely N-dealkylation sites (N-methyl/N-ethyl adjacent to an activating group) is 1. The quantitative estimate of drug-likeness (QED) is 0.412. The van der Waals surface area contributed by atoms with E-state index in [2.05, 4.69) is 27.5 Å². The normalized spacial score (nSPS) is 28.9. The second-order valence-electron chi connectivity index (χ2n) is 13.1. The van der Waals surface area contributed by atoms with E-state index in [1.807, 2.05) is 46.2 Å². The highest BCUT2D eigenvalue weighted by molar-refractivity contribution is 6.00. The number of aromatic nitrogens is 3. The summed E-state index contributed by atoms with van der Waals surface area (Å²) in [6.07, 6.45) is -1.40. The SMILES string of the molecule is CN1CCN(c2ccc(NC(=O)Nc3ccc(-c4nc(N5C6COCC5C(F)C6)nc(N5C6COCC5C(F)C6)n4)cc3)cc2)CC1. The minimum absolute atomic E-state index is 0.185. The summed E-state index contributed by atoms with van der Waals surface area (Å²) in [7, 11) is 2.13. The van der Waals surface area contributed by atoms with Crippen LogP contribution in [-0.4, -0.2) is 122 Å². The molecule has 8 rings (SSSR count). The third-order valence-electron chi connectivity index (χ3n) is 10.00. The summed E-state index contributed by atoms with van der Waals surface area (Å²) in [6, 6.07) is 13.4. The molecule has 12 nitrogen and oxygen atoms in total. The summed E-state index contributed by atoms with van der Waals surface area (Å²) in [5.41, 5.74) is 3.12. The van der Waals surface area contributed by atoms with Gasteiger partial charge in [-0.25, -0.2) is 13.6 Å². The second kappa shape index (κ2) is 12.5. The Kier molecular flexibility index (Phi) is 8.02. The van der Waals surface area contributed by atoms with Crippen molar-refractivity contribution in [3.63, 3.8) is 0 Å². The number of anilines is 5. The fourth-order valence-corrected chi connectivity index (χ4v) is 7.42. The van der Waals surface area contributed by atoms with Crippen molar-refractivity contribution >= 4 is 35.0 Å². The minimum atomic E-state index is -1.05. The van der Waals surface area contributed by atoms with Gasteiger partial charge in [0.25, 0.3) is 0 Å². The number of morpholine rings is 2. The molecule has 14 heteroatoms. The number of halogens is 2. The number of piperazine rings is 1. The number of ether oxygens (including phenoxy) is 2.